The Morgan fingerprint density at radius 2 is 1.90 bits per heavy atom. The van der Waals surface area contributed by atoms with E-state index in [1.807, 2.05) is 12.2 Å². The number of hydrogen-bond acceptors (Lipinski definition) is 12. The summed E-state index contributed by atoms with van der Waals surface area (Å²) in [7, 11) is 1.57. The molecule has 6 atom stereocenters. The first kappa shape index (κ1) is 31.4. The third-order valence-electron chi connectivity index (χ3n) is 6.32. The number of methoxy groups -OCH3 is 1. The maximum atomic E-state index is 13.3. The predicted octanol–water partition coefficient (Wildman–Crippen LogP) is 2.33. The Hall–Kier alpha value is -3.10. The molecule has 40 heavy (non-hydrogen) atoms. The Morgan fingerprint density at radius 1 is 1.18 bits per heavy atom. The van der Waals surface area contributed by atoms with Gasteiger partial charge >= 0.3 is 5.79 Å². The van der Waals surface area contributed by atoms with Crippen molar-refractivity contribution in [3.63, 3.8) is 0 Å². The van der Waals surface area contributed by atoms with Gasteiger partial charge in [-0.25, -0.2) is 19.6 Å². The quantitative estimate of drug-likeness (QED) is 0.131. The van der Waals surface area contributed by atoms with Crippen LogP contribution in [0.4, 0.5) is 0 Å². The van der Waals surface area contributed by atoms with Crippen molar-refractivity contribution in [2.24, 2.45) is 5.92 Å². The van der Waals surface area contributed by atoms with Crippen LogP contribution in [0.3, 0.4) is 0 Å². The topological polar surface area (TPSA) is 159 Å². The lowest BCUT2D eigenvalue weighted by atomic mass is 9.90. The number of ketones is 2. The monoisotopic (exact) mass is 564 g/mol. The molecular weight excluding hydrogens is 528 g/mol. The number of aliphatic hydroxyl groups is 2. The summed E-state index contributed by atoms with van der Waals surface area (Å²) in [5.74, 6) is -3.78. The number of ether oxygens (including phenoxy) is 3. The number of carbonyl (C=O) groups is 2. The maximum Gasteiger partial charge on any atom is 0.303 e. The Kier molecular flexibility index (Phi) is 11.4. The lowest BCUT2D eigenvalue weighted by molar-refractivity contribution is -0.456. The number of carbonyl (C=O) groups excluding carboxylic acids is 2. The molecular formula is C28H36O12. The number of hydrogen-bond donors (Lipinski definition) is 3. The van der Waals surface area contributed by atoms with E-state index in [-0.39, 0.29) is 30.4 Å². The van der Waals surface area contributed by atoms with E-state index < -0.39 is 54.1 Å². The fourth-order valence-electron chi connectivity index (χ4n) is 4.29. The van der Waals surface area contributed by atoms with Crippen molar-refractivity contribution in [1.82, 2.24) is 0 Å². The van der Waals surface area contributed by atoms with Gasteiger partial charge in [0.25, 0.3) is 0 Å². The molecule has 0 spiro atoms. The summed E-state index contributed by atoms with van der Waals surface area (Å²) in [6.45, 7) is 3.79. The molecule has 1 aromatic rings. The average molecular weight is 565 g/mol. The van der Waals surface area contributed by atoms with Crippen LogP contribution >= 0.6 is 0 Å². The van der Waals surface area contributed by atoms with Crippen LogP contribution in [0.15, 0.2) is 54.3 Å². The van der Waals surface area contributed by atoms with E-state index >= 15 is 0 Å². The predicted molar refractivity (Wildman–Crippen MR) is 139 cm³/mol. The zero-order chi connectivity index (χ0) is 29.3. The van der Waals surface area contributed by atoms with Gasteiger partial charge in [0.15, 0.2) is 18.0 Å². The number of aromatic hydroxyl groups is 1. The molecule has 220 valence electrons. The number of benzene rings is 1. The molecule has 0 bridgehead atoms. The zero-order valence-electron chi connectivity index (χ0n) is 22.8. The third-order valence-corrected chi connectivity index (χ3v) is 6.32. The van der Waals surface area contributed by atoms with Crippen LogP contribution in [-0.4, -0.2) is 84.0 Å². The second-order valence-corrected chi connectivity index (χ2v) is 8.99. The van der Waals surface area contributed by atoms with Gasteiger partial charge in [0, 0.05) is 6.92 Å². The molecule has 12 nitrogen and oxygen atoms in total. The molecule has 1 saturated heterocycles. The van der Waals surface area contributed by atoms with Gasteiger partial charge < -0.3 is 29.5 Å². The maximum absolute atomic E-state index is 13.3. The molecule has 1 heterocycles. The summed E-state index contributed by atoms with van der Waals surface area (Å²) in [5, 5.41) is 31.4. The lowest BCUT2D eigenvalue weighted by Crippen LogP contribution is -2.71. The highest BCUT2D eigenvalue weighted by Gasteiger charge is 2.62. The van der Waals surface area contributed by atoms with Crippen LogP contribution in [0.1, 0.15) is 37.6 Å². The minimum atomic E-state index is -2.40. The normalized spacial score (nSPS) is 28.4. The summed E-state index contributed by atoms with van der Waals surface area (Å²) in [6, 6.07) is 4.06. The van der Waals surface area contributed by atoms with E-state index in [2.05, 4.69) is 0 Å². The van der Waals surface area contributed by atoms with Crippen LogP contribution in [0.5, 0.6) is 11.5 Å². The Bertz CT molecular complexity index is 1110. The molecule has 1 unspecified atom stereocenters. The van der Waals surface area contributed by atoms with Crippen LogP contribution in [0, 0.1) is 5.92 Å². The van der Waals surface area contributed by atoms with Gasteiger partial charge in [-0.2, -0.15) is 0 Å². The molecule has 1 aliphatic heterocycles. The lowest BCUT2D eigenvalue weighted by Gasteiger charge is -2.48. The fourth-order valence-corrected chi connectivity index (χ4v) is 4.29. The third kappa shape index (κ3) is 6.96. The summed E-state index contributed by atoms with van der Waals surface area (Å²) in [4.78, 5) is 47.4. The number of rotatable bonds is 14. The highest BCUT2D eigenvalue weighted by molar-refractivity contribution is 6.08. The van der Waals surface area contributed by atoms with Crippen molar-refractivity contribution >= 4 is 11.6 Å². The van der Waals surface area contributed by atoms with Crippen molar-refractivity contribution < 1.29 is 58.7 Å². The van der Waals surface area contributed by atoms with E-state index in [0.717, 1.165) is 12.7 Å². The van der Waals surface area contributed by atoms with Crippen molar-refractivity contribution in [3.8, 4) is 11.5 Å². The molecule has 0 aromatic heterocycles. The number of Topliss-reactive ketones (excluding diaryl/α,β-unsaturated/α-hetero) is 1. The van der Waals surface area contributed by atoms with Gasteiger partial charge in [-0.05, 0) is 56.5 Å². The Labute approximate surface area is 232 Å². The van der Waals surface area contributed by atoms with E-state index in [9.17, 15) is 24.9 Å². The standard InChI is InChI=1S/C28H36O12/c1-5-35-39-26-25(33)23(16-29)38-28(17(3)30,27(26)40-36-6-2)37-22-9-7-8-20(31)24(22)21(32)15-12-18-10-13-19(34-4)14-11-18/h7-10,12-15,18,23,25-27,29,31,33H,5-6,11,16H2,1-4H3/t18?,23-,25-,26+,27-,28-/m1/s1. The first-order valence-corrected chi connectivity index (χ1v) is 12.9. The average Bonchev–Trinajstić information content (AvgIpc) is 2.95. The van der Waals surface area contributed by atoms with Crippen molar-refractivity contribution in [3.05, 3.63) is 59.9 Å². The van der Waals surface area contributed by atoms with Crippen LogP contribution in [-0.2, 0) is 33.8 Å². The largest absolute Gasteiger partial charge is 0.507 e. The first-order valence-electron chi connectivity index (χ1n) is 12.9. The minimum absolute atomic E-state index is 0.0443. The SMILES string of the molecule is CCOO[C@H]1[C@H](O)[C@@H](CO)O[C@](Oc2cccc(O)c2C(=O)C=CC2C=CC(OC)=CC2)(C(C)=O)[C@@H]1OOCC. The van der Waals surface area contributed by atoms with Gasteiger partial charge in [-0.15, -0.1) is 0 Å². The smallest absolute Gasteiger partial charge is 0.303 e. The summed E-state index contributed by atoms with van der Waals surface area (Å²) in [5.41, 5.74) is -0.250. The molecule has 0 saturated carbocycles. The highest BCUT2D eigenvalue weighted by atomic mass is 17.2. The van der Waals surface area contributed by atoms with Crippen molar-refractivity contribution in [1.29, 1.82) is 0 Å². The molecule has 3 rings (SSSR count). The van der Waals surface area contributed by atoms with Crippen LogP contribution in [0.25, 0.3) is 0 Å². The number of aliphatic hydroxyl groups excluding tert-OH is 2. The molecule has 12 heteroatoms. The van der Waals surface area contributed by atoms with Crippen molar-refractivity contribution in [2.45, 2.75) is 57.4 Å². The van der Waals surface area contributed by atoms with E-state index in [4.69, 9.17) is 33.8 Å². The second kappa shape index (κ2) is 14.5. The number of phenols is 1. The Balaban J connectivity index is 2.01. The molecule has 0 amide bonds. The highest BCUT2D eigenvalue weighted by Crippen LogP contribution is 2.40. The molecule has 1 fully saturated rings. The van der Waals surface area contributed by atoms with Gasteiger partial charge in [0.05, 0.1) is 26.9 Å². The van der Waals surface area contributed by atoms with E-state index in [1.54, 1.807) is 33.1 Å². The van der Waals surface area contributed by atoms with Gasteiger partial charge in [-0.1, -0.05) is 18.2 Å². The summed E-state index contributed by atoms with van der Waals surface area (Å²) >= 11 is 0. The van der Waals surface area contributed by atoms with E-state index in [0.29, 0.717) is 6.42 Å². The summed E-state index contributed by atoms with van der Waals surface area (Å²) in [6.07, 6.45) is 3.19. The van der Waals surface area contributed by atoms with E-state index in [1.165, 1.54) is 24.3 Å². The summed E-state index contributed by atoms with van der Waals surface area (Å²) < 4.78 is 17.1. The first-order chi connectivity index (χ1) is 19.2. The van der Waals surface area contributed by atoms with Gasteiger partial charge in [0.1, 0.15) is 35.0 Å². The second-order valence-electron chi connectivity index (χ2n) is 8.99. The molecule has 3 N–H and O–H groups in total. The van der Waals surface area contributed by atoms with Crippen LogP contribution in [0.2, 0.25) is 0 Å². The number of allylic oxidation sites excluding steroid dienone is 5. The number of phenolic OH excluding ortho intramolecular Hbond substituents is 1. The molecule has 0 radical (unpaired) electrons. The molecule has 2 aliphatic rings. The fraction of sp³-hybridized carbons (Fsp3) is 0.500. The molecule has 1 aliphatic carbocycles. The minimum Gasteiger partial charge on any atom is -0.507 e. The molecule has 1 aromatic carbocycles. The van der Waals surface area contributed by atoms with Gasteiger partial charge in [0.2, 0.25) is 5.78 Å². The van der Waals surface area contributed by atoms with Crippen LogP contribution < -0.4 is 4.74 Å². The van der Waals surface area contributed by atoms with Gasteiger partial charge in [-0.3, -0.25) is 9.59 Å². The van der Waals surface area contributed by atoms with Crippen molar-refractivity contribution in [2.75, 3.05) is 26.9 Å². The zero-order valence-corrected chi connectivity index (χ0v) is 22.8. The Morgan fingerprint density at radius 3 is 2.50 bits per heavy atom.